The molecule has 1 heterocycles. The van der Waals surface area contributed by atoms with Crippen molar-refractivity contribution in [2.24, 2.45) is 0 Å². The molecule has 0 aromatic heterocycles. The van der Waals surface area contributed by atoms with Crippen LogP contribution in [0.5, 0.6) is 5.75 Å². The summed E-state index contributed by atoms with van der Waals surface area (Å²) in [5, 5.41) is 14.3. The zero-order valence-corrected chi connectivity index (χ0v) is 15.8. The van der Waals surface area contributed by atoms with Gasteiger partial charge < -0.3 is 20.1 Å². The number of nitrogens with zero attached hydrogens (tertiary/aromatic N) is 1. The van der Waals surface area contributed by atoms with Crippen LogP contribution in [-0.4, -0.2) is 44.4 Å². The molecule has 4 rings (SSSR count). The van der Waals surface area contributed by atoms with E-state index in [9.17, 15) is 18.1 Å². The smallest absolute Gasteiger partial charge is 0.294 e. The van der Waals surface area contributed by atoms with Gasteiger partial charge in [0.2, 0.25) is 0 Å². The van der Waals surface area contributed by atoms with Crippen molar-refractivity contribution in [1.82, 2.24) is 0 Å². The van der Waals surface area contributed by atoms with E-state index in [1.165, 1.54) is 6.07 Å². The molecule has 0 bridgehead atoms. The standard InChI is InChI=1S/C20H20N2O5S/c23-20-13-18(28(24,25)26)12-14-11-16(3-6-19(14)20)21-15-1-4-17(5-2-15)22-7-9-27-10-8-22/h1-6,11-13,21,23H,7-10H2,(H,24,25,26). The fourth-order valence-electron chi connectivity index (χ4n) is 3.29. The van der Waals surface area contributed by atoms with Crippen LogP contribution in [0.15, 0.2) is 59.5 Å². The van der Waals surface area contributed by atoms with Crippen LogP contribution >= 0.6 is 0 Å². The predicted octanol–water partition coefficient (Wildman–Crippen LogP) is 3.37. The van der Waals surface area contributed by atoms with Crippen molar-refractivity contribution in [1.29, 1.82) is 0 Å². The lowest BCUT2D eigenvalue weighted by Gasteiger charge is -2.28. The van der Waals surface area contributed by atoms with E-state index in [4.69, 9.17) is 4.74 Å². The first-order valence-corrected chi connectivity index (χ1v) is 10.3. The Morgan fingerprint density at radius 2 is 1.61 bits per heavy atom. The number of aromatic hydroxyl groups is 1. The van der Waals surface area contributed by atoms with Gasteiger partial charge in [0.05, 0.1) is 18.1 Å². The van der Waals surface area contributed by atoms with Crippen LogP contribution in [0.2, 0.25) is 0 Å². The molecule has 1 fully saturated rings. The highest BCUT2D eigenvalue weighted by Crippen LogP contribution is 2.31. The number of phenolic OH excluding ortho intramolecular Hbond substituents is 1. The maximum absolute atomic E-state index is 11.4. The second kappa shape index (κ2) is 7.31. The van der Waals surface area contributed by atoms with Crippen LogP contribution in [0, 0.1) is 0 Å². The van der Waals surface area contributed by atoms with Crippen LogP contribution in [0.1, 0.15) is 0 Å². The van der Waals surface area contributed by atoms with E-state index in [1.54, 1.807) is 18.2 Å². The monoisotopic (exact) mass is 400 g/mol. The van der Waals surface area contributed by atoms with Crippen molar-refractivity contribution in [2.45, 2.75) is 4.90 Å². The van der Waals surface area contributed by atoms with E-state index in [1.807, 2.05) is 24.3 Å². The van der Waals surface area contributed by atoms with Crippen LogP contribution in [0.3, 0.4) is 0 Å². The summed E-state index contributed by atoms with van der Waals surface area (Å²) in [5.41, 5.74) is 2.75. The highest BCUT2D eigenvalue weighted by Gasteiger charge is 2.14. The van der Waals surface area contributed by atoms with Gasteiger partial charge in [-0.05, 0) is 53.9 Å². The summed E-state index contributed by atoms with van der Waals surface area (Å²) in [6.07, 6.45) is 0. The van der Waals surface area contributed by atoms with Crippen molar-refractivity contribution >= 4 is 38.0 Å². The molecule has 1 aliphatic rings. The highest BCUT2D eigenvalue weighted by atomic mass is 32.2. The summed E-state index contributed by atoms with van der Waals surface area (Å²) >= 11 is 0. The topological polar surface area (TPSA) is 99.1 Å². The molecule has 1 saturated heterocycles. The minimum atomic E-state index is -4.40. The lowest BCUT2D eigenvalue weighted by atomic mass is 10.1. The van der Waals surface area contributed by atoms with E-state index in [-0.39, 0.29) is 10.6 Å². The van der Waals surface area contributed by atoms with Gasteiger partial charge in [-0.3, -0.25) is 4.55 Å². The zero-order chi connectivity index (χ0) is 19.7. The molecule has 1 aliphatic heterocycles. The van der Waals surface area contributed by atoms with Gasteiger partial charge in [0, 0.05) is 41.6 Å². The molecule has 0 unspecified atom stereocenters. The fourth-order valence-corrected chi connectivity index (χ4v) is 3.83. The highest BCUT2D eigenvalue weighted by molar-refractivity contribution is 7.85. The number of hydrogen-bond acceptors (Lipinski definition) is 6. The van der Waals surface area contributed by atoms with Gasteiger partial charge in [0.15, 0.2) is 0 Å². The van der Waals surface area contributed by atoms with Gasteiger partial charge in [-0.2, -0.15) is 8.42 Å². The summed E-state index contributed by atoms with van der Waals surface area (Å²) in [6.45, 7) is 3.21. The number of ether oxygens (including phenoxy) is 1. The van der Waals surface area contributed by atoms with Crippen molar-refractivity contribution in [2.75, 3.05) is 36.5 Å². The fraction of sp³-hybridized carbons (Fsp3) is 0.200. The Balaban J connectivity index is 1.59. The van der Waals surface area contributed by atoms with E-state index in [0.29, 0.717) is 10.8 Å². The van der Waals surface area contributed by atoms with Crippen molar-refractivity contribution < 1.29 is 22.8 Å². The van der Waals surface area contributed by atoms with E-state index in [0.717, 1.165) is 49.4 Å². The molecule has 0 saturated carbocycles. The zero-order valence-electron chi connectivity index (χ0n) is 15.0. The summed E-state index contributed by atoms with van der Waals surface area (Å²) in [4.78, 5) is 1.92. The number of morpholine rings is 1. The summed E-state index contributed by atoms with van der Waals surface area (Å²) in [6, 6.07) is 15.6. The van der Waals surface area contributed by atoms with Gasteiger partial charge in [-0.15, -0.1) is 0 Å². The normalized spacial score (nSPS) is 15.0. The quantitative estimate of drug-likeness (QED) is 0.578. The van der Waals surface area contributed by atoms with Gasteiger partial charge in [-0.1, -0.05) is 0 Å². The van der Waals surface area contributed by atoms with Crippen LogP contribution < -0.4 is 10.2 Å². The Morgan fingerprint density at radius 1 is 0.929 bits per heavy atom. The molecule has 7 nitrogen and oxygen atoms in total. The Labute approximate surface area is 162 Å². The maximum Gasteiger partial charge on any atom is 0.294 e. The third kappa shape index (κ3) is 3.89. The number of fused-ring (bicyclic) bond motifs is 1. The molecule has 3 aromatic carbocycles. The molecular formula is C20H20N2O5S. The summed E-state index contributed by atoms with van der Waals surface area (Å²) < 4.78 is 37.4. The number of anilines is 3. The molecule has 0 amide bonds. The number of rotatable bonds is 4. The predicted molar refractivity (Wildman–Crippen MR) is 108 cm³/mol. The maximum atomic E-state index is 11.4. The van der Waals surface area contributed by atoms with Crippen LogP contribution in [0.4, 0.5) is 17.1 Å². The van der Waals surface area contributed by atoms with Crippen LogP contribution in [0.25, 0.3) is 10.8 Å². The van der Waals surface area contributed by atoms with Gasteiger partial charge >= 0.3 is 0 Å². The second-order valence-electron chi connectivity index (χ2n) is 6.62. The second-order valence-corrected chi connectivity index (χ2v) is 8.05. The summed E-state index contributed by atoms with van der Waals surface area (Å²) in [7, 11) is -4.40. The molecule has 3 aromatic rings. The van der Waals surface area contributed by atoms with Gasteiger partial charge in [0.25, 0.3) is 10.1 Å². The van der Waals surface area contributed by atoms with Gasteiger partial charge in [0.1, 0.15) is 5.75 Å². The number of benzene rings is 3. The number of nitrogens with one attached hydrogen (secondary N) is 1. The Morgan fingerprint density at radius 3 is 2.29 bits per heavy atom. The average Bonchev–Trinajstić information content (AvgIpc) is 2.68. The lowest BCUT2D eigenvalue weighted by molar-refractivity contribution is 0.122. The van der Waals surface area contributed by atoms with Crippen molar-refractivity contribution in [3.05, 3.63) is 54.6 Å². The molecular weight excluding hydrogens is 380 g/mol. The SMILES string of the molecule is O=S(=O)(O)c1cc(O)c2ccc(Nc3ccc(N4CCOCC4)cc3)cc2c1. The van der Waals surface area contributed by atoms with Gasteiger partial charge in [-0.25, -0.2) is 0 Å². The molecule has 0 aliphatic carbocycles. The molecule has 28 heavy (non-hydrogen) atoms. The van der Waals surface area contributed by atoms with Crippen molar-refractivity contribution in [3.63, 3.8) is 0 Å². The largest absolute Gasteiger partial charge is 0.507 e. The lowest BCUT2D eigenvalue weighted by Crippen LogP contribution is -2.36. The van der Waals surface area contributed by atoms with E-state index >= 15 is 0 Å². The molecule has 3 N–H and O–H groups in total. The Bertz CT molecular complexity index is 1110. The molecule has 0 radical (unpaired) electrons. The molecule has 0 spiro atoms. The minimum absolute atomic E-state index is 0.202. The number of phenols is 1. The van der Waals surface area contributed by atoms with Crippen molar-refractivity contribution in [3.8, 4) is 5.75 Å². The number of hydrogen-bond donors (Lipinski definition) is 3. The average molecular weight is 400 g/mol. The Kier molecular flexibility index (Phi) is 4.84. The third-order valence-corrected chi connectivity index (χ3v) is 5.57. The first-order valence-electron chi connectivity index (χ1n) is 8.84. The third-order valence-electron chi connectivity index (χ3n) is 4.73. The molecule has 0 atom stereocenters. The van der Waals surface area contributed by atoms with E-state index < -0.39 is 10.1 Å². The van der Waals surface area contributed by atoms with Crippen LogP contribution in [-0.2, 0) is 14.9 Å². The first-order chi connectivity index (χ1) is 13.4. The molecule has 8 heteroatoms. The Hall–Kier alpha value is -2.81. The minimum Gasteiger partial charge on any atom is -0.507 e. The first kappa shape index (κ1) is 18.5. The summed E-state index contributed by atoms with van der Waals surface area (Å²) in [5.74, 6) is -0.202. The molecule has 146 valence electrons. The van der Waals surface area contributed by atoms with E-state index in [2.05, 4.69) is 10.2 Å².